The highest BCUT2D eigenvalue weighted by molar-refractivity contribution is 7.80. The lowest BCUT2D eigenvalue weighted by Gasteiger charge is -2.22. The zero-order valence-electron chi connectivity index (χ0n) is 11.8. The van der Waals surface area contributed by atoms with E-state index in [0.717, 1.165) is 30.6 Å². The highest BCUT2D eigenvalue weighted by Gasteiger charge is 2.14. The number of ether oxygens (including phenoxy) is 3. The third-order valence-corrected chi connectivity index (χ3v) is 3.60. The lowest BCUT2D eigenvalue weighted by atomic mass is 10.1. The van der Waals surface area contributed by atoms with Gasteiger partial charge in [0.1, 0.15) is 10.7 Å². The summed E-state index contributed by atoms with van der Waals surface area (Å²) in [5.74, 6) is 0.688. The van der Waals surface area contributed by atoms with Crippen LogP contribution in [0.4, 0.5) is 0 Å². The fourth-order valence-electron chi connectivity index (χ4n) is 2.28. The van der Waals surface area contributed by atoms with Gasteiger partial charge in [-0.1, -0.05) is 18.3 Å². The molecule has 0 aliphatic carbocycles. The van der Waals surface area contributed by atoms with Crippen LogP contribution in [0.1, 0.15) is 30.4 Å². The van der Waals surface area contributed by atoms with E-state index in [2.05, 4.69) is 0 Å². The Labute approximate surface area is 125 Å². The molecule has 20 heavy (non-hydrogen) atoms. The minimum Gasteiger partial charge on any atom is -0.496 e. The molecule has 1 aromatic carbocycles. The molecule has 110 valence electrons. The van der Waals surface area contributed by atoms with E-state index >= 15 is 0 Å². The summed E-state index contributed by atoms with van der Waals surface area (Å²) in [4.78, 5) is 0.338. The Bertz CT molecular complexity index is 458. The quantitative estimate of drug-likeness (QED) is 0.817. The van der Waals surface area contributed by atoms with Crippen molar-refractivity contribution in [3.05, 3.63) is 29.3 Å². The highest BCUT2D eigenvalue weighted by Crippen LogP contribution is 2.21. The van der Waals surface area contributed by atoms with Crippen LogP contribution in [0.25, 0.3) is 0 Å². The van der Waals surface area contributed by atoms with Crippen molar-refractivity contribution in [2.75, 3.05) is 20.3 Å². The second-order valence-electron chi connectivity index (χ2n) is 4.90. The largest absolute Gasteiger partial charge is 0.496 e. The lowest BCUT2D eigenvalue weighted by molar-refractivity contribution is -0.0447. The van der Waals surface area contributed by atoms with Crippen molar-refractivity contribution in [3.63, 3.8) is 0 Å². The Morgan fingerprint density at radius 3 is 2.95 bits per heavy atom. The van der Waals surface area contributed by atoms with Crippen LogP contribution in [0, 0.1) is 0 Å². The van der Waals surface area contributed by atoms with Gasteiger partial charge >= 0.3 is 0 Å². The van der Waals surface area contributed by atoms with E-state index in [4.69, 9.17) is 32.2 Å². The smallest absolute Gasteiger partial charge is 0.129 e. The van der Waals surface area contributed by atoms with E-state index in [-0.39, 0.29) is 6.10 Å². The average molecular weight is 295 g/mol. The molecule has 1 unspecified atom stereocenters. The van der Waals surface area contributed by atoms with Crippen LogP contribution in [0.5, 0.6) is 5.75 Å². The molecule has 1 aliphatic heterocycles. The Kier molecular flexibility index (Phi) is 5.76. The SMILES string of the molecule is COc1cc(COCC2CCCCO2)ccc1C(N)=S. The van der Waals surface area contributed by atoms with Crippen molar-refractivity contribution in [2.45, 2.75) is 32.0 Å². The van der Waals surface area contributed by atoms with E-state index in [1.54, 1.807) is 7.11 Å². The number of thiocarbonyl (C=S) groups is 1. The summed E-state index contributed by atoms with van der Waals surface area (Å²) in [6.45, 7) is 2.03. The first-order chi connectivity index (χ1) is 9.70. The molecule has 0 bridgehead atoms. The van der Waals surface area contributed by atoms with Crippen LogP contribution < -0.4 is 10.5 Å². The molecule has 1 atom stereocenters. The van der Waals surface area contributed by atoms with Gasteiger partial charge in [-0.2, -0.15) is 0 Å². The molecule has 1 saturated heterocycles. The maximum atomic E-state index is 5.71. The van der Waals surface area contributed by atoms with E-state index in [1.165, 1.54) is 6.42 Å². The standard InChI is InChI=1S/C15H21NO3S/c1-17-14-8-11(5-6-13(14)15(16)20)9-18-10-12-4-2-3-7-19-12/h5-6,8,12H,2-4,7,9-10H2,1H3,(H2,16,20). The molecule has 5 heteroatoms. The van der Waals surface area contributed by atoms with Crippen LogP contribution in [0.15, 0.2) is 18.2 Å². The molecule has 4 nitrogen and oxygen atoms in total. The van der Waals surface area contributed by atoms with Gasteiger partial charge in [-0.25, -0.2) is 0 Å². The third-order valence-electron chi connectivity index (χ3n) is 3.38. The molecule has 1 fully saturated rings. The second kappa shape index (κ2) is 7.57. The highest BCUT2D eigenvalue weighted by atomic mass is 32.1. The number of rotatable bonds is 6. The fraction of sp³-hybridized carbons (Fsp3) is 0.533. The summed E-state index contributed by atoms with van der Waals surface area (Å²) in [5, 5.41) is 0. The van der Waals surface area contributed by atoms with Crippen LogP contribution in [0.3, 0.4) is 0 Å². The number of methoxy groups -OCH3 is 1. The van der Waals surface area contributed by atoms with Crippen molar-refractivity contribution >= 4 is 17.2 Å². The van der Waals surface area contributed by atoms with Crippen LogP contribution >= 0.6 is 12.2 Å². The maximum Gasteiger partial charge on any atom is 0.129 e. The van der Waals surface area contributed by atoms with Crippen molar-refractivity contribution in [1.29, 1.82) is 0 Å². The summed E-state index contributed by atoms with van der Waals surface area (Å²) in [5.41, 5.74) is 7.43. The Morgan fingerprint density at radius 1 is 1.45 bits per heavy atom. The van der Waals surface area contributed by atoms with Crippen molar-refractivity contribution in [1.82, 2.24) is 0 Å². The minimum absolute atomic E-state index is 0.238. The van der Waals surface area contributed by atoms with Gasteiger partial charge in [0.2, 0.25) is 0 Å². The van der Waals surface area contributed by atoms with Crippen LogP contribution in [0.2, 0.25) is 0 Å². The normalized spacial score (nSPS) is 18.8. The first-order valence-corrected chi connectivity index (χ1v) is 7.27. The molecule has 0 saturated carbocycles. The first-order valence-electron chi connectivity index (χ1n) is 6.86. The van der Waals surface area contributed by atoms with Crippen LogP contribution in [-0.2, 0) is 16.1 Å². The summed E-state index contributed by atoms with van der Waals surface area (Å²) in [6.07, 6.45) is 3.71. The molecule has 0 spiro atoms. The van der Waals surface area contributed by atoms with Gasteiger partial charge in [-0.15, -0.1) is 0 Å². The van der Waals surface area contributed by atoms with Crippen LogP contribution in [-0.4, -0.2) is 31.4 Å². The average Bonchev–Trinajstić information content (AvgIpc) is 2.48. The number of nitrogens with two attached hydrogens (primary N) is 1. The number of hydrogen-bond acceptors (Lipinski definition) is 4. The molecule has 1 heterocycles. The summed E-state index contributed by atoms with van der Waals surface area (Å²) in [7, 11) is 1.61. The molecule has 0 aromatic heterocycles. The lowest BCUT2D eigenvalue weighted by Crippen LogP contribution is -2.24. The topological polar surface area (TPSA) is 53.7 Å². The number of benzene rings is 1. The molecule has 1 aliphatic rings. The Hall–Kier alpha value is -1.17. The Morgan fingerprint density at radius 2 is 2.30 bits per heavy atom. The number of hydrogen-bond donors (Lipinski definition) is 1. The Balaban J connectivity index is 1.87. The molecule has 2 rings (SSSR count). The molecule has 0 radical (unpaired) electrons. The molecule has 0 amide bonds. The summed E-state index contributed by atoms with van der Waals surface area (Å²) in [6, 6.07) is 5.74. The van der Waals surface area contributed by atoms with E-state index in [9.17, 15) is 0 Å². The van der Waals surface area contributed by atoms with E-state index in [0.29, 0.717) is 24.0 Å². The zero-order chi connectivity index (χ0) is 14.4. The van der Waals surface area contributed by atoms with Crippen molar-refractivity contribution in [3.8, 4) is 5.75 Å². The van der Waals surface area contributed by atoms with Gasteiger partial charge in [0.15, 0.2) is 0 Å². The minimum atomic E-state index is 0.238. The fourth-order valence-corrected chi connectivity index (χ4v) is 2.44. The van der Waals surface area contributed by atoms with Gasteiger partial charge in [-0.05, 0) is 37.0 Å². The second-order valence-corrected chi connectivity index (χ2v) is 5.34. The van der Waals surface area contributed by atoms with Gasteiger partial charge in [0.05, 0.1) is 32.0 Å². The van der Waals surface area contributed by atoms with Gasteiger partial charge < -0.3 is 19.9 Å². The molecular weight excluding hydrogens is 274 g/mol. The van der Waals surface area contributed by atoms with Gasteiger partial charge in [-0.3, -0.25) is 0 Å². The van der Waals surface area contributed by atoms with Gasteiger partial charge in [0.25, 0.3) is 0 Å². The maximum absolute atomic E-state index is 5.71. The molecule has 2 N–H and O–H groups in total. The summed E-state index contributed by atoms with van der Waals surface area (Å²) < 4.78 is 16.6. The van der Waals surface area contributed by atoms with Crippen molar-refractivity contribution in [2.24, 2.45) is 5.73 Å². The summed E-state index contributed by atoms with van der Waals surface area (Å²) >= 11 is 4.98. The predicted molar refractivity (Wildman–Crippen MR) is 82.1 cm³/mol. The molecule has 1 aromatic rings. The van der Waals surface area contributed by atoms with Gasteiger partial charge in [0, 0.05) is 6.61 Å². The predicted octanol–water partition coefficient (Wildman–Crippen LogP) is 2.42. The van der Waals surface area contributed by atoms with E-state index in [1.807, 2.05) is 18.2 Å². The third kappa shape index (κ3) is 4.16. The zero-order valence-corrected chi connectivity index (χ0v) is 12.6. The first kappa shape index (κ1) is 15.2. The van der Waals surface area contributed by atoms with Crippen molar-refractivity contribution < 1.29 is 14.2 Å². The molecular formula is C15H21NO3S. The monoisotopic (exact) mass is 295 g/mol. The van der Waals surface area contributed by atoms with E-state index < -0.39 is 0 Å².